The van der Waals surface area contributed by atoms with Gasteiger partial charge in [0, 0.05) is 18.9 Å². The Kier molecular flexibility index (Phi) is 4.15. The van der Waals surface area contributed by atoms with E-state index in [0.717, 1.165) is 5.56 Å². The number of pyridine rings is 1. The minimum atomic E-state index is -0.118. The molecule has 1 aliphatic rings. The van der Waals surface area contributed by atoms with Crippen LogP contribution in [0.3, 0.4) is 0 Å². The molecule has 1 heterocycles. The van der Waals surface area contributed by atoms with Gasteiger partial charge < -0.3 is 10.6 Å². The van der Waals surface area contributed by atoms with E-state index in [1.54, 1.807) is 12.4 Å². The molecule has 108 valence electrons. The monoisotopic (exact) mass is 281 g/mol. The Labute approximate surface area is 124 Å². The van der Waals surface area contributed by atoms with Gasteiger partial charge in [-0.25, -0.2) is 4.79 Å². The van der Waals surface area contributed by atoms with Crippen molar-refractivity contribution in [2.45, 2.75) is 25.4 Å². The van der Waals surface area contributed by atoms with Gasteiger partial charge >= 0.3 is 6.03 Å². The topological polar surface area (TPSA) is 54.0 Å². The van der Waals surface area contributed by atoms with Crippen molar-refractivity contribution in [2.75, 3.05) is 0 Å². The molecule has 0 unspecified atom stereocenters. The maximum atomic E-state index is 12.1. The summed E-state index contributed by atoms with van der Waals surface area (Å²) in [5, 5.41) is 6.00. The second-order valence-electron chi connectivity index (χ2n) is 5.41. The van der Waals surface area contributed by atoms with E-state index in [1.807, 2.05) is 30.3 Å². The Balaban J connectivity index is 1.57. The molecule has 2 aromatic rings. The summed E-state index contributed by atoms with van der Waals surface area (Å²) in [6.45, 7) is 0.514. The normalized spacial score (nSPS) is 15.2. The van der Waals surface area contributed by atoms with Crippen molar-refractivity contribution in [2.24, 2.45) is 5.92 Å². The summed E-state index contributed by atoms with van der Waals surface area (Å²) in [7, 11) is 0. The fourth-order valence-electron chi connectivity index (χ4n) is 2.44. The van der Waals surface area contributed by atoms with Crippen LogP contribution in [0.5, 0.6) is 0 Å². The second kappa shape index (κ2) is 6.39. The fourth-order valence-corrected chi connectivity index (χ4v) is 2.44. The van der Waals surface area contributed by atoms with E-state index >= 15 is 0 Å². The van der Waals surface area contributed by atoms with Crippen molar-refractivity contribution in [3.8, 4) is 0 Å². The number of nitrogens with one attached hydrogen (secondary N) is 2. The zero-order valence-corrected chi connectivity index (χ0v) is 11.8. The van der Waals surface area contributed by atoms with Crippen LogP contribution in [0, 0.1) is 5.92 Å². The van der Waals surface area contributed by atoms with Gasteiger partial charge in [-0.1, -0.05) is 30.3 Å². The summed E-state index contributed by atoms with van der Waals surface area (Å²) in [5.41, 5.74) is 2.22. The Morgan fingerprint density at radius 3 is 2.52 bits per heavy atom. The molecule has 1 fully saturated rings. The van der Waals surface area contributed by atoms with Crippen molar-refractivity contribution < 1.29 is 4.79 Å². The van der Waals surface area contributed by atoms with Crippen molar-refractivity contribution in [1.29, 1.82) is 0 Å². The zero-order valence-electron chi connectivity index (χ0n) is 11.8. The highest BCUT2D eigenvalue weighted by Gasteiger charge is 2.33. The average molecular weight is 281 g/mol. The molecule has 21 heavy (non-hydrogen) atoms. The number of carbonyl (C=O) groups is 1. The second-order valence-corrected chi connectivity index (χ2v) is 5.41. The lowest BCUT2D eigenvalue weighted by Crippen LogP contribution is -2.38. The van der Waals surface area contributed by atoms with Crippen LogP contribution in [0.15, 0.2) is 54.9 Å². The molecule has 1 atom stereocenters. The molecule has 2 N–H and O–H groups in total. The number of hydrogen-bond donors (Lipinski definition) is 2. The lowest BCUT2D eigenvalue weighted by molar-refractivity contribution is 0.235. The molecule has 0 aliphatic heterocycles. The van der Waals surface area contributed by atoms with Crippen LogP contribution < -0.4 is 10.6 Å². The molecule has 2 amide bonds. The number of urea groups is 1. The van der Waals surface area contributed by atoms with Gasteiger partial charge in [0.05, 0.1) is 6.04 Å². The number of hydrogen-bond acceptors (Lipinski definition) is 2. The molecule has 1 aromatic carbocycles. The summed E-state index contributed by atoms with van der Waals surface area (Å²) in [5.74, 6) is 0.569. The van der Waals surface area contributed by atoms with Crippen LogP contribution in [0.25, 0.3) is 0 Å². The molecular formula is C17H19N3O. The predicted molar refractivity (Wildman–Crippen MR) is 81.5 cm³/mol. The van der Waals surface area contributed by atoms with E-state index in [-0.39, 0.29) is 12.1 Å². The third-order valence-electron chi connectivity index (χ3n) is 3.74. The SMILES string of the molecule is O=C(NCc1ccncc1)N[C@H](c1ccccc1)C1CC1. The van der Waals surface area contributed by atoms with Crippen molar-refractivity contribution in [1.82, 2.24) is 15.6 Å². The first-order valence-corrected chi connectivity index (χ1v) is 7.31. The van der Waals surface area contributed by atoms with E-state index in [9.17, 15) is 4.79 Å². The van der Waals surface area contributed by atoms with Crippen molar-refractivity contribution >= 4 is 6.03 Å². The minimum Gasteiger partial charge on any atom is -0.334 e. The average Bonchev–Trinajstić information content (AvgIpc) is 3.37. The summed E-state index contributed by atoms with van der Waals surface area (Å²) in [6.07, 6.45) is 5.83. The maximum Gasteiger partial charge on any atom is 0.315 e. The largest absolute Gasteiger partial charge is 0.334 e. The summed E-state index contributed by atoms with van der Waals surface area (Å²) in [6, 6.07) is 14.0. The highest BCUT2D eigenvalue weighted by Crippen LogP contribution is 2.40. The smallest absolute Gasteiger partial charge is 0.315 e. The maximum absolute atomic E-state index is 12.1. The molecule has 0 bridgehead atoms. The third-order valence-corrected chi connectivity index (χ3v) is 3.74. The number of benzene rings is 1. The molecule has 4 nitrogen and oxygen atoms in total. The molecule has 1 aromatic heterocycles. The van der Waals surface area contributed by atoms with Gasteiger partial charge in [0.15, 0.2) is 0 Å². The third kappa shape index (κ3) is 3.81. The Morgan fingerprint density at radius 2 is 1.86 bits per heavy atom. The van der Waals surface area contributed by atoms with E-state index in [2.05, 4.69) is 27.8 Å². The zero-order chi connectivity index (χ0) is 14.5. The Bertz CT molecular complexity index is 581. The lowest BCUT2D eigenvalue weighted by Gasteiger charge is -2.19. The van der Waals surface area contributed by atoms with Gasteiger partial charge in [-0.2, -0.15) is 0 Å². The molecular weight excluding hydrogens is 262 g/mol. The van der Waals surface area contributed by atoms with Gasteiger partial charge in [-0.05, 0) is 42.0 Å². The Hall–Kier alpha value is -2.36. The van der Waals surface area contributed by atoms with E-state index in [1.165, 1.54) is 18.4 Å². The molecule has 0 saturated heterocycles. The molecule has 0 spiro atoms. The first-order chi connectivity index (χ1) is 10.3. The first kappa shape index (κ1) is 13.6. The van der Waals surface area contributed by atoms with Crippen LogP contribution in [0.4, 0.5) is 4.79 Å². The van der Waals surface area contributed by atoms with E-state index < -0.39 is 0 Å². The van der Waals surface area contributed by atoms with Crippen LogP contribution >= 0.6 is 0 Å². The number of aromatic nitrogens is 1. The number of amides is 2. The number of rotatable bonds is 5. The van der Waals surface area contributed by atoms with Crippen LogP contribution in [0.1, 0.15) is 30.0 Å². The van der Waals surface area contributed by atoms with E-state index in [0.29, 0.717) is 12.5 Å². The predicted octanol–water partition coefficient (Wildman–Crippen LogP) is 3.03. The van der Waals surface area contributed by atoms with Gasteiger partial charge in [0.1, 0.15) is 0 Å². The minimum absolute atomic E-state index is 0.114. The molecule has 0 radical (unpaired) electrons. The van der Waals surface area contributed by atoms with Crippen molar-refractivity contribution in [3.63, 3.8) is 0 Å². The van der Waals surface area contributed by atoms with Gasteiger partial charge in [0.2, 0.25) is 0 Å². The van der Waals surface area contributed by atoms with E-state index in [4.69, 9.17) is 0 Å². The first-order valence-electron chi connectivity index (χ1n) is 7.31. The summed E-state index contributed by atoms with van der Waals surface area (Å²) < 4.78 is 0. The van der Waals surface area contributed by atoms with Crippen LogP contribution in [-0.2, 0) is 6.54 Å². The Morgan fingerprint density at radius 1 is 1.14 bits per heavy atom. The summed E-state index contributed by atoms with van der Waals surface area (Å²) in [4.78, 5) is 16.1. The number of nitrogens with zero attached hydrogens (tertiary/aromatic N) is 1. The fraction of sp³-hybridized carbons (Fsp3) is 0.294. The molecule has 1 saturated carbocycles. The highest BCUT2D eigenvalue weighted by atomic mass is 16.2. The van der Waals surface area contributed by atoms with Crippen molar-refractivity contribution in [3.05, 3.63) is 66.0 Å². The molecule has 4 heteroatoms. The van der Waals surface area contributed by atoms with Crippen LogP contribution in [0.2, 0.25) is 0 Å². The molecule has 3 rings (SSSR count). The lowest BCUT2D eigenvalue weighted by atomic mass is 10.0. The van der Waals surface area contributed by atoms with Crippen LogP contribution in [-0.4, -0.2) is 11.0 Å². The quantitative estimate of drug-likeness (QED) is 0.885. The summed E-state index contributed by atoms with van der Waals surface area (Å²) >= 11 is 0. The molecule has 1 aliphatic carbocycles. The number of carbonyl (C=O) groups excluding carboxylic acids is 1. The standard InChI is InChI=1S/C17H19N3O/c21-17(19-12-13-8-10-18-11-9-13)20-16(15-6-7-15)14-4-2-1-3-5-14/h1-5,8-11,15-16H,6-7,12H2,(H2,19,20,21)/t16-/m1/s1. The van der Waals surface area contributed by atoms with Gasteiger partial charge in [0.25, 0.3) is 0 Å². The van der Waals surface area contributed by atoms with Gasteiger partial charge in [-0.3, -0.25) is 4.98 Å². The highest BCUT2D eigenvalue weighted by molar-refractivity contribution is 5.74. The van der Waals surface area contributed by atoms with Gasteiger partial charge in [-0.15, -0.1) is 0 Å².